The van der Waals surface area contributed by atoms with Gasteiger partial charge in [0.15, 0.2) is 11.6 Å². The summed E-state index contributed by atoms with van der Waals surface area (Å²) in [6.45, 7) is 2.59. The van der Waals surface area contributed by atoms with Gasteiger partial charge in [-0.2, -0.15) is 0 Å². The van der Waals surface area contributed by atoms with E-state index in [-0.39, 0.29) is 0 Å². The van der Waals surface area contributed by atoms with Crippen LogP contribution in [0.25, 0.3) is 5.82 Å². The van der Waals surface area contributed by atoms with E-state index in [9.17, 15) is 0 Å². The Kier molecular flexibility index (Phi) is 3.86. The van der Waals surface area contributed by atoms with Crippen LogP contribution in [-0.2, 0) is 0 Å². The Balaban J connectivity index is 1.85. The van der Waals surface area contributed by atoms with Gasteiger partial charge in [0.05, 0.1) is 6.61 Å². The minimum Gasteiger partial charge on any atom is -0.494 e. The van der Waals surface area contributed by atoms with Gasteiger partial charge < -0.3 is 15.8 Å². The van der Waals surface area contributed by atoms with Crippen LogP contribution in [0.3, 0.4) is 0 Å². The minimum atomic E-state index is 0.453. The average molecular weight is 296 g/mol. The van der Waals surface area contributed by atoms with E-state index in [0.717, 1.165) is 11.4 Å². The highest BCUT2D eigenvalue weighted by Crippen LogP contribution is 2.25. The number of nitrogens with two attached hydrogens (primary N) is 1. The van der Waals surface area contributed by atoms with Gasteiger partial charge in [-0.25, -0.2) is 15.0 Å². The van der Waals surface area contributed by atoms with E-state index >= 15 is 0 Å². The molecule has 2 heterocycles. The Morgan fingerprint density at radius 1 is 1.23 bits per heavy atom. The van der Waals surface area contributed by atoms with Crippen molar-refractivity contribution >= 4 is 17.2 Å². The van der Waals surface area contributed by atoms with Gasteiger partial charge in [0.2, 0.25) is 0 Å². The summed E-state index contributed by atoms with van der Waals surface area (Å²) in [4.78, 5) is 12.4. The number of nitrogens with one attached hydrogen (secondary N) is 1. The van der Waals surface area contributed by atoms with Crippen LogP contribution in [0.4, 0.5) is 17.2 Å². The van der Waals surface area contributed by atoms with E-state index in [1.165, 1.54) is 6.33 Å². The molecule has 0 spiro atoms. The maximum Gasteiger partial charge on any atom is 0.166 e. The van der Waals surface area contributed by atoms with Crippen molar-refractivity contribution in [2.45, 2.75) is 6.92 Å². The molecular formula is C15H16N6O. The highest BCUT2D eigenvalue weighted by atomic mass is 16.5. The third-order valence-corrected chi connectivity index (χ3v) is 3.04. The van der Waals surface area contributed by atoms with Crippen LogP contribution in [0.5, 0.6) is 5.75 Å². The number of nitrogen functional groups attached to an aromatic ring is 1. The van der Waals surface area contributed by atoms with Crippen LogP contribution < -0.4 is 15.8 Å². The molecule has 3 N–H and O–H groups in total. The van der Waals surface area contributed by atoms with Gasteiger partial charge >= 0.3 is 0 Å². The minimum absolute atomic E-state index is 0.453. The van der Waals surface area contributed by atoms with E-state index in [1.54, 1.807) is 23.3 Å². The molecule has 1 aromatic carbocycles. The number of anilines is 3. The molecule has 0 saturated heterocycles. The molecule has 0 unspecified atom stereocenters. The SMILES string of the molecule is CCOc1ccc(Nc2ncnc(-n3ccnc3)c2N)cc1. The van der Waals surface area contributed by atoms with Crippen molar-refractivity contribution in [2.24, 2.45) is 0 Å². The fraction of sp³-hybridized carbons (Fsp3) is 0.133. The fourth-order valence-electron chi connectivity index (χ4n) is 2.01. The summed E-state index contributed by atoms with van der Waals surface area (Å²) in [6.07, 6.45) is 6.54. The second-order valence-electron chi connectivity index (χ2n) is 4.51. The van der Waals surface area contributed by atoms with Gasteiger partial charge in [-0.3, -0.25) is 4.57 Å². The zero-order valence-electron chi connectivity index (χ0n) is 12.1. The summed E-state index contributed by atoms with van der Waals surface area (Å²) >= 11 is 0. The molecule has 3 rings (SSSR count). The molecular weight excluding hydrogens is 280 g/mol. The molecule has 0 bridgehead atoms. The number of rotatable bonds is 5. The van der Waals surface area contributed by atoms with Gasteiger partial charge in [0, 0.05) is 18.1 Å². The number of imidazole rings is 1. The monoisotopic (exact) mass is 296 g/mol. The molecule has 0 aliphatic heterocycles. The van der Waals surface area contributed by atoms with E-state index in [1.807, 2.05) is 31.2 Å². The average Bonchev–Trinajstić information content (AvgIpc) is 3.06. The first-order valence-corrected chi connectivity index (χ1v) is 6.86. The standard InChI is InChI=1S/C15H16N6O/c1-2-22-12-5-3-11(4-6-12)20-14-13(16)15(19-9-18-14)21-8-7-17-10-21/h3-10H,2,16H2,1H3,(H,18,19,20). The maximum atomic E-state index is 6.14. The van der Waals surface area contributed by atoms with Crippen molar-refractivity contribution < 1.29 is 4.74 Å². The van der Waals surface area contributed by atoms with E-state index in [0.29, 0.717) is 23.9 Å². The summed E-state index contributed by atoms with van der Waals surface area (Å²) < 4.78 is 7.15. The van der Waals surface area contributed by atoms with Gasteiger partial charge in [0.1, 0.15) is 24.1 Å². The Bertz CT molecular complexity index is 739. The first-order valence-electron chi connectivity index (χ1n) is 6.86. The van der Waals surface area contributed by atoms with E-state index in [2.05, 4.69) is 20.3 Å². The molecule has 112 valence electrons. The van der Waals surface area contributed by atoms with Crippen LogP contribution in [0.1, 0.15) is 6.92 Å². The number of aromatic nitrogens is 4. The summed E-state index contributed by atoms with van der Waals surface area (Å²) in [5, 5.41) is 3.18. The van der Waals surface area contributed by atoms with Gasteiger partial charge in [-0.15, -0.1) is 0 Å². The predicted octanol–water partition coefficient (Wildman–Crippen LogP) is 2.39. The maximum absolute atomic E-state index is 6.14. The lowest BCUT2D eigenvalue weighted by atomic mass is 10.3. The molecule has 7 nitrogen and oxygen atoms in total. The lowest BCUT2D eigenvalue weighted by molar-refractivity contribution is 0.340. The molecule has 3 aromatic rings. The summed E-state index contributed by atoms with van der Waals surface area (Å²) in [6, 6.07) is 7.59. The number of benzene rings is 1. The number of hydrogen-bond acceptors (Lipinski definition) is 6. The number of hydrogen-bond donors (Lipinski definition) is 2. The van der Waals surface area contributed by atoms with E-state index < -0.39 is 0 Å². The Morgan fingerprint density at radius 3 is 2.73 bits per heavy atom. The largest absolute Gasteiger partial charge is 0.494 e. The molecule has 0 fully saturated rings. The first-order chi connectivity index (χ1) is 10.8. The number of nitrogens with zero attached hydrogens (tertiary/aromatic N) is 4. The zero-order valence-corrected chi connectivity index (χ0v) is 12.1. The lowest BCUT2D eigenvalue weighted by Crippen LogP contribution is -2.06. The second-order valence-corrected chi connectivity index (χ2v) is 4.51. The van der Waals surface area contributed by atoms with Crippen LogP contribution in [-0.4, -0.2) is 26.1 Å². The van der Waals surface area contributed by atoms with Crippen molar-refractivity contribution in [3.63, 3.8) is 0 Å². The molecule has 0 radical (unpaired) electrons. The quantitative estimate of drug-likeness (QED) is 0.751. The summed E-state index contributed by atoms with van der Waals surface area (Å²) in [5.74, 6) is 1.95. The van der Waals surface area contributed by atoms with Crippen molar-refractivity contribution in [2.75, 3.05) is 17.7 Å². The van der Waals surface area contributed by atoms with Crippen LogP contribution in [0, 0.1) is 0 Å². The van der Waals surface area contributed by atoms with Crippen molar-refractivity contribution in [1.29, 1.82) is 0 Å². The molecule has 2 aromatic heterocycles. The highest BCUT2D eigenvalue weighted by molar-refractivity contribution is 5.74. The molecule has 0 saturated carbocycles. The van der Waals surface area contributed by atoms with Crippen LogP contribution in [0.15, 0.2) is 49.3 Å². The summed E-state index contributed by atoms with van der Waals surface area (Å²) in [5.41, 5.74) is 7.46. The lowest BCUT2D eigenvalue weighted by Gasteiger charge is -2.11. The van der Waals surface area contributed by atoms with Crippen LogP contribution in [0.2, 0.25) is 0 Å². The molecule has 0 atom stereocenters. The second kappa shape index (κ2) is 6.13. The van der Waals surface area contributed by atoms with Crippen molar-refractivity contribution in [1.82, 2.24) is 19.5 Å². The van der Waals surface area contributed by atoms with E-state index in [4.69, 9.17) is 10.5 Å². The van der Waals surface area contributed by atoms with Gasteiger partial charge in [0.25, 0.3) is 0 Å². The highest BCUT2D eigenvalue weighted by Gasteiger charge is 2.09. The first kappa shape index (κ1) is 13.9. The Morgan fingerprint density at radius 2 is 2.05 bits per heavy atom. The zero-order chi connectivity index (χ0) is 15.4. The normalized spacial score (nSPS) is 10.4. The Hall–Kier alpha value is -3.09. The number of ether oxygens (including phenoxy) is 1. The molecule has 0 amide bonds. The third-order valence-electron chi connectivity index (χ3n) is 3.04. The molecule has 7 heteroatoms. The smallest absolute Gasteiger partial charge is 0.166 e. The summed E-state index contributed by atoms with van der Waals surface area (Å²) in [7, 11) is 0. The molecule has 0 aliphatic rings. The van der Waals surface area contributed by atoms with Crippen molar-refractivity contribution in [3.8, 4) is 11.6 Å². The van der Waals surface area contributed by atoms with Gasteiger partial charge in [-0.05, 0) is 31.2 Å². The third kappa shape index (κ3) is 2.83. The predicted molar refractivity (Wildman–Crippen MR) is 84.5 cm³/mol. The van der Waals surface area contributed by atoms with Gasteiger partial charge in [-0.1, -0.05) is 0 Å². The molecule has 0 aliphatic carbocycles. The Labute approximate surface area is 127 Å². The topological polar surface area (TPSA) is 90.9 Å². The van der Waals surface area contributed by atoms with Crippen LogP contribution >= 0.6 is 0 Å². The molecule has 22 heavy (non-hydrogen) atoms. The fourth-order valence-corrected chi connectivity index (χ4v) is 2.01. The van der Waals surface area contributed by atoms with Crippen molar-refractivity contribution in [3.05, 3.63) is 49.3 Å².